The highest BCUT2D eigenvalue weighted by Crippen LogP contribution is 2.37. The SMILES string of the molecule is Cl.NC1(c2ccc(F)cc2C(F)(F)F)CNC1. The van der Waals surface area contributed by atoms with Crippen molar-refractivity contribution >= 4 is 12.4 Å². The third-order valence-electron chi connectivity index (χ3n) is 2.70. The summed E-state index contributed by atoms with van der Waals surface area (Å²) in [6.45, 7) is 0.531. The van der Waals surface area contributed by atoms with Crippen molar-refractivity contribution in [2.24, 2.45) is 5.73 Å². The Morgan fingerprint density at radius 2 is 1.82 bits per heavy atom. The van der Waals surface area contributed by atoms with Gasteiger partial charge in [-0.3, -0.25) is 0 Å². The van der Waals surface area contributed by atoms with Crippen LogP contribution >= 0.6 is 12.4 Å². The molecule has 0 amide bonds. The van der Waals surface area contributed by atoms with E-state index in [-0.39, 0.29) is 31.1 Å². The third-order valence-corrected chi connectivity index (χ3v) is 2.70. The largest absolute Gasteiger partial charge is 0.416 e. The Hall–Kier alpha value is -0.850. The van der Waals surface area contributed by atoms with E-state index in [9.17, 15) is 17.6 Å². The fraction of sp³-hybridized carbons (Fsp3) is 0.400. The first-order valence-electron chi connectivity index (χ1n) is 4.70. The second-order valence-electron chi connectivity index (χ2n) is 3.95. The van der Waals surface area contributed by atoms with Crippen molar-refractivity contribution in [1.82, 2.24) is 5.32 Å². The Morgan fingerprint density at radius 3 is 2.24 bits per heavy atom. The molecule has 0 spiro atoms. The van der Waals surface area contributed by atoms with Gasteiger partial charge in [-0.2, -0.15) is 13.2 Å². The summed E-state index contributed by atoms with van der Waals surface area (Å²) in [5, 5.41) is 2.81. The average molecular weight is 271 g/mol. The van der Waals surface area contributed by atoms with Gasteiger partial charge >= 0.3 is 6.18 Å². The predicted molar refractivity (Wildman–Crippen MR) is 57.4 cm³/mol. The molecule has 1 fully saturated rings. The van der Waals surface area contributed by atoms with E-state index in [1.165, 1.54) is 0 Å². The first-order valence-corrected chi connectivity index (χ1v) is 4.70. The highest BCUT2D eigenvalue weighted by atomic mass is 35.5. The van der Waals surface area contributed by atoms with Crippen LogP contribution in [0.1, 0.15) is 11.1 Å². The molecule has 7 heteroatoms. The minimum atomic E-state index is -4.58. The second-order valence-corrected chi connectivity index (χ2v) is 3.95. The van der Waals surface area contributed by atoms with Gasteiger partial charge in [-0.05, 0) is 17.7 Å². The van der Waals surface area contributed by atoms with Gasteiger partial charge in [0.15, 0.2) is 0 Å². The zero-order chi connectivity index (χ0) is 12.0. The van der Waals surface area contributed by atoms with Crippen molar-refractivity contribution < 1.29 is 17.6 Å². The van der Waals surface area contributed by atoms with Crippen molar-refractivity contribution in [3.63, 3.8) is 0 Å². The molecule has 3 N–H and O–H groups in total. The quantitative estimate of drug-likeness (QED) is 0.767. The van der Waals surface area contributed by atoms with Crippen LogP contribution < -0.4 is 11.1 Å². The van der Waals surface area contributed by atoms with Crippen LogP contribution in [0.4, 0.5) is 17.6 Å². The molecule has 1 saturated heterocycles. The van der Waals surface area contributed by atoms with E-state index in [1.807, 2.05) is 0 Å². The van der Waals surface area contributed by atoms with Crippen LogP contribution in [0.25, 0.3) is 0 Å². The molecule has 1 aromatic carbocycles. The summed E-state index contributed by atoms with van der Waals surface area (Å²) >= 11 is 0. The van der Waals surface area contributed by atoms with Gasteiger partial charge in [0, 0.05) is 13.1 Å². The van der Waals surface area contributed by atoms with Crippen LogP contribution in [0.5, 0.6) is 0 Å². The topological polar surface area (TPSA) is 38.0 Å². The predicted octanol–water partition coefficient (Wildman–Crippen LogP) is 2.02. The number of nitrogens with two attached hydrogens (primary N) is 1. The number of rotatable bonds is 1. The molecule has 0 saturated carbocycles. The lowest BCUT2D eigenvalue weighted by atomic mass is 9.82. The standard InChI is InChI=1S/C10H10F4N2.ClH/c11-6-1-2-7(9(15)4-16-5-9)8(3-6)10(12,13)14;/h1-3,16H,4-5,15H2;1H. The Kier molecular flexibility index (Phi) is 3.71. The molecule has 1 aliphatic heterocycles. The molecule has 0 atom stereocenters. The molecule has 2 rings (SSSR count). The molecular formula is C10H11ClF4N2. The van der Waals surface area contributed by atoms with Gasteiger partial charge in [-0.1, -0.05) is 6.07 Å². The molecule has 0 bridgehead atoms. The Morgan fingerprint density at radius 1 is 1.24 bits per heavy atom. The molecule has 17 heavy (non-hydrogen) atoms. The van der Waals surface area contributed by atoms with E-state index in [2.05, 4.69) is 5.32 Å². The van der Waals surface area contributed by atoms with Gasteiger partial charge < -0.3 is 11.1 Å². The minimum absolute atomic E-state index is 0. The molecule has 2 nitrogen and oxygen atoms in total. The maximum Gasteiger partial charge on any atom is 0.416 e. The molecule has 1 aromatic rings. The van der Waals surface area contributed by atoms with E-state index in [4.69, 9.17) is 5.73 Å². The highest BCUT2D eigenvalue weighted by Gasteiger charge is 2.43. The van der Waals surface area contributed by atoms with Gasteiger partial charge in [0.05, 0.1) is 11.1 Å². The van der Waals surface area contributed by atoms with Crippen LogP contribution in [0, 0.1) is 5.82 Å². The van der Waals surface area contributed by atoms with E-state index >= 15 is 0 Å². The highest BCUT2D eigenvalue weighted by molar-refractivity contribution is 5.85. The molecule has 0 radical (unpaired) electrons. The Balaban J connectivity index is 0.00000144. The lowest BCUT2D eigenvalue weighted by Crippen LogP contribution is -2.63. The van der Waals surface area contributed by atoms with Crippen LogP contribution in [0.3, 0.4) is 0 Å². The lowest BCUT2D eigenvalue weighted by molar-refractivity contribution is -0.139. The summed E-state index contributed by atoms with van der Waals surface area (Å²) in [5.41, 5.74) is 3.70. The summed E-state index contributed by atoms with van der Waals surface area (Å²) in [6, 6.07) is 2.60. The van der Waals surface area contributed by atoms with Crippen molar-refractivity contribution in [3.05, 3.63) is 35.1 Å². The Bertz CT molecular complexity index is 415. The minimum Gasteiger partial charge on any atom is -0.319 e. The van der Waals surface area contributed by atoms with Crippen molar-refractivity contribution in [2.75, 3.05) is 13.1 Å². The van der Waals surface area contributed by atoms with Gasteiger partial charge in [-0.25, -0.2) is 4.39 Å². The number of nitrogens with one attached hydrogen (secondary N) is 1. The lowest BCUT2D eigenvalue weighted by Gasteiger charge is -2.40. The zero-order valence-electron chi connectivity index (χ0n) is 8.64. The van der Waals surface area contributed by atoms with E-state index in [0.717, 1.165) is 12.1 Å². The monoisotopic (exact) mass is 270 g/mol. The smallest absolute Gasteiger partial charge is 0.319 e. The molecule has 1 aliphatic rings. The van der Waals surface area contributed by atoms with Crippen molar-refractivity contribution in [2.45, 2.75) is 11.7 Å². The number of hydrogen-bond acceptors (Lipinski definition) is 2. The van der Waals surface area contributed by atoms with Crippen molar-refractivity contribution in [1.29, 1.82) is 0 Å². The summed E-state index contributed by atoms with van der Waals surface area (Å²) in [7, 11) is 0. The summed E-state index contributed by atoms with van der Waals surface area (Å²) in [4.78, 5) is 0. The first-order chi connectivity index (χ1) is 7.33. The number of halogens is 5. The number of benzene rings is 1. The summed E-state index contributed by atoms with van der Waals surface area (Å²) < 4.78 is 50.9. The fourth-order valence-electron chi connectivity index (χ4n) is 1.77. The van der Waals surface area contributed by atoms with Crippen molar-refractivity contribution in [3.8, 4) is 0 Å². The van der Waals surface area contributed by atoms with E-state index < -0.39 is 23.1 Å². The summed E-state index contributed by atoms with van der Waals surface area (Å²) in [6.07, 6.45) is -4.58. The molecule has 0 unspecified atom stereocenters. The van der Waals surface area contributed by atoms with Gasteiger partial charge in [-0.15, -0.1) is 12.4 Å². The normalized spacial score (nSPS) is 18.2. The van der Waals surface area contributed by atoms with Gasteiger partial charge in [0.25, 0.3) is 0 Å². The second kappa shape index (κ2) is 4.44. The average Bonchev–Trinajstić information content (AvgIpc) is 2.13. The van der Waals surface area contributed by atoms with Gasteiger partial charge in [0.1, 0.15) is 5.82 Å². The van der Waals surface area contributed by atoms with Crippen LogP contribution in [-0.2, 0) is 11.7 Å². The Labute approximate surface area is 102 Å². The maximum atomic E-state index is 12.8. The number of hydrogen-bond donors (Lipinski definition) is 2. The van der Waals surface area contributed by atoms with Crippen LogP contribution in [-0.4, -0.2) is 13.1 Å². The molecule has 0 aromatic heterocycles. The molecule has 96 valence electrons. The van der Waals surface area contributed by atoms with E-state index in [1.54, 1.807) is 0 Å². The number of alkyl halides is 3. The van der Waals surface area contributed by atoms with Crippen LogP contribution in [0.15, 0.2) is 18.2 Å². The first kappa shape index (κ1) is 14.2. The molecular weight excluding hydrogens is 260 g/mol. The summed E-state index contributed by atoms with van der Waals surface area (Å²) in [5.74, 6) is -0.910. The third kappa shape index (κ3) is 2.53. The van der Waals surface area contributed by atoms with E-state index in [0.29, 0.717) is 6.07 Å². The maximum absolute atomic E-state index is 12.8. The zero-order valence-corrected chi connectivity index (χ0v) is 9.46. The van der Waals surface area contributed by atoms with Crippen LogP contribution in [0.2, 0.25) is 0 Å². The van der Waals surface area contributed by atoms with Gasteiger partial charge in [0.2, 0.25) is 0 Å². The molecule has 0 aliphatic carbocycles. The fourth-order valence-corrected chi connectivity index (χ4v) is 1.77. The molecule has 1 heterocycles.